The van der Waals surface area contributed by atoms with Gasteiger partial charge in [-0.1, -0.05) is 13.8 Å². The van der Waals surface area contributed by atoms with Crippen molar-refractivity contribution in [3.63, 3.8) is 0 Å². The van der Waals surface area contributed by atoms with Crippen LogP contribution in [0.4, 0.5) is 0 Å². The number of aliphatic hydroxyl groups excluding tert-OH is 1. The maximum absolute atomic E-state index is 11.1. The second kappa shape index (κ2) is 1.55. The first-order valence-corrected chi connectivity index (χ1v) is 3.74. The fourth-order valence-electron chi connectivity index (χ4n) is 2.23. The molecule has 0 unspecified atom stereocenters. The zero-order valence-corrected chi connectivity index (χ0v) is 6.50. The van der Waals surface area contributed by atoms with Crippen LogP contribution in [0.5, 0.6) is 0 Å². The summed E-state index contributed by atoms with van der Waals surface area (Å²) in [7, 11) is 0. The molecule has 0 heterocycles. The summed E-state index contributed by atoms with van der Waals surface area (Å²) in [5, 5.41) is 9.24. The fourth-order valence-corrected chi connectivity index (χ4v) is 2.23. The summed E-state index contributed by atoms with van der Waals surface area (Å²) in [4.78, 5) is 21.9. The summed E-state index contributed by atoms with van der Waals surface area (Å²) < 4.78 is 0. The van der Waals surface area contributed by atoms with Gasteiger partial charge in [0.25, 0.3) is 0 Å². The molecule has 2 fully saturated rings. The Morgan fingerprint density at radius 1 is 1.27 bits per heavy atom. The summed E-state index contributed by atoms with van der Waals surface area (Å²) in [6, 6.07) is 0. The van der Waals surface area contributed by atoms with Gasteiger partial charge in [0.2, 0.25) is 11.6 Å². The van der Waals surface area contributed by atoms with Gasteiger partial charge < -0.3 is 5.11 Å². The Hall–Kier alpha value is -0.700. The van der Waals surface area contributed by atoms with Crippen LogP contribution in [0.25, 0.3) is 0 Å². The van der Waals surface area contributed by atoms with Crippen molar-refractivity contribution in [3.05, 3.63) is 0 Å². The van der Waals surface area contributed by atoms with Gasteiger partial charge in [-0.2, -0.15) is 0 Å². The molecule has 0 amide bonds. The van der Waals surface area contributed by atoms with E-state index in [1.54, 1.807) is 0 Å². The Morgan fingerprint density at radius 2 is 1.82 bits per heavy atom. The third-order valence-electron chi connectivity index (χ3n) is 3.04. The number of carbonyl (C=O) groups excluding carboxylic acids is 2. The Bertz CT molecular complexity index is 254. The van der Waals surface area contributed by atoms with E-state index in [9.17, 15) is 14.7 Å². The third kappa shape index (κ3) is 0.577. The van der Waals surface area contributed by atoms with Crippen LogP contribution in [0.1, 0.15) is 13.8 Å². The highest BCUT2D eigenvalue weighted by atomic mass is 16.3. The first-order chi connectivity index (χ1) is 4.98. The lowest BCUT2D eigenvalue weighted by molar-refractivity contribution is -0.140. The minimum absolute atomic E-state index is 0.0949. The van der Waals surface area contributed by atoms with Gasteiger partial charge >= 0.3 is 0 Å². The lowest BCUT2D eigenvalue weighted by atomic mass is 9.98. The Kier molecular flexibility index (Phi) is 0.986. The first-order valence-electron chi connectivity index (χ1n) is 3.74. The Morgan fingerprint density at radius 3 is 2.09 bits per heavy atom. The van der Waals surface area contributed by atoms with Crippen LogP contribution in [-0.4, -0.2) is 22.8 Å². The monoisotopic (exact) mass is 154 g/mol. The topological polar surface area (TPSA) is 54.4 Å². The lowest BCUT2D eigenvalue weighted by Gasteiger charge is -2.09. The number of carbonyl (C=O) groups is 2. The van der Waals surface area contributed by atoms with Gasteiger partial charge in [0, 0.05) is 11.8 Å². The van der Waals surface area contributed by atoms with E-state index in [1.165, 1.54) is 0 Å². The molecule has 3 atom stereocenters. The van der Waals surface area contributed by atoms with Gasteiger partial charge in [0.15, 0.2) is 0 Å². The largest absolute Gasteiger partial charge is 0.384 e. The number of ketones is 2. The maximum Gasteiger partial charge on any atom is 0.227 e. The van der Waals surface area contributed by atoms with Crippen molar-refractivity contribution in [2.75, 3.05) is 0 Å². The summed E-state index contributed by atoms with van der Waals surface area (Å²) in [6.45, 7) is 3.83. The molecule has 1 N–H and O–H groups in total. The molecule has 3 nitrogen and oxygen atoms in total. The maximum atomic E-state index is 11.1. The van der Waals surface area contributed by atoms with Gasteiger partial charge in [-0.3, -0.25) is 9.59 Å². The molecule has 2 aliphatic carbocycles. The highest BCUT2D eigenvalue weighted by molar-refractivity contribution is 6.43. The van der Waals surface area contributed by atoms with E-state index < -0.39 is 11.9 Å². The van der Waals surface area contributed by atoms with Crippen LogP contribution in [0.15, 0.2) is 0 Å². The van der Waals surface area contributed by atoms with E-state index in [-0.39, 0.29) is 23.0 Å². The second-order valence-corrected chi connectivity index (χ2v) is 4.00. The van der Waals surface area contributed by atoms with E-state index in [2.05, 4.69) is 0 Å². The molecule has 11 heavy (non-hydrogen) atoms. The Balaban J connectivity index is 2.34. The molecule has 0 aromatic heterocycles. The van der Waals surface area contributed by atoms with E-state index in [0.717, 1.165) is 0 Å². The molecule has 2 rings (SSSR count). The molecule has 0 spiro atoms. The molecule has 0 bridgehead atoms. The van der Waals surface area contributed by atoms with Gasteiger partial charge in [-0.25, -0.2) is 0 Å². The number of hydrogen-bond acceptors (Lipinski definition) is 3. The fraction of sp³-hybridized carbons (Fsp3) is 0.750. The summed E-state index contributed by atoms with van der Waals surface area (Å²) in [5.74, 6) is -1.24. The zero-order chi connectivity index (χ0) is 8.39. The smallest absolute Gasteiger partial charge is 0.227 e. The van der Waals surface area contributed by atoms with Crippen LogP contribution in [0, 0.1) is 17.3 Å². The van der Waals surface area contributed by atoms with Gasteiger partial charge in [-0.05, 0) is 5.41 Å². The normalized spacial score (nSPS) is 45.9. The molecule has 0 radical (unpaired) electrons. The number of hydrogen-bond donors (Lipinski definition) is 1. The zero-order valence-electron chi connectivity index (χ0n) is 6.50. The van der Waals surface area contributed by atoms with Crippen LogP contribution in [-0.2, 0) is 9.59 Å². The predicted molar refractivity (Wildman–Crippen MR) is 36.8 cm³/mol. The number of Topliss-reactive ketones (excluding diaryl/α,β-unsaturated/α-hetero) is 2. The highest BCUT2D eigenvalue weighted by Gasteiger charge is 2.72. The van der Waals surface area contributed by atoms with Crippen molar-refractivity contribution < 1.29 is 14.7 Å². The molecule has 0 saturated heterocycles. The molecule has 0 aliphatic heterocycles. The second-order valence-electron chi connectivity index (χ2n) is 4.00. The van der Waals surface area contributed by atoms with Crippen molar-refractivity contribution in [1.29, 1.82) is 0 Å². The molecular formula is C8H10O3. The Labute approximate surface area is 64.4 Å². The van der Waals surface area contributed by atoms with E-state index in [0.29, 0.717) is 0 Å². The van der Waals surface area contributed by atoms with Crippen LogP contribution >= 0.6 is 0 Å². The predicted octanol–water partition coefficient (Wildman–Crippen LogP) is -0.229. The van der Waals surface area contributed by atoms with E-state index >= 15 is 0 Å². The third-order valence-corrected chi connectivity index (χ3v) is 3.04. The molecular weight excluding hydrogens is 144 g/mol. The average molecular weight is 154 g/mol. The van der Waals surface area contributed by atoms with Crippen LogP contribution in [0.3, 0.4) is 0 Å². The van der Waals surface area contributed by atoms with Gasteiger partial charge in [-0.15, -0.1) is 0 Å². The molecule has 0 aromatic carbocycles. The minimum atomic E-state index is -1.01. The average Bonchev–Trinajstić information content (AvgIpc) is 2.39. The number of rotatable bonds is 0. The summed E-state index contributed by atoms with van der Waals surface area (Å²) in [6.07, 6.45) is -1.01. The minimum Gasteiger partial charge on any atom is -0.384 e. The van der Waals surface area contributed by atoms with Crippen LogP contribution in [0.2, 0.25) is 0 Å². The molecule has 3 heteroatoms. The van der Waals surface area contributed by atoms with Crippen molar-refractivity contribution >= 4 is 11.6 Å². The SMILES string of the molecule is CC1(C)[C@@H]2[C@H](O)C(=O)C(=O)[C@@H]21. The quantitative estimate of drug-likeness (QED) is 0.490. The number of aliphatic hydroxyl groups is 1. The molecule has 60 valence electrons. The summed E-state index contributed by atoms with van der Waals surface area (Å²) >= 11 is 0. The molecule has 2 saturated carbocycles. The van der Waals surface area contributed by atoms with E-state index in [4.69, 9.17) is 0 Å². The summed E-state index contributed by atoms with van der Waals surface area (Å²) in [5.41, 5.74) is -0.135. The standard InChI is InChI=1S/C8H10O3/c1-8(2)3-4(8)6(10)7(11)5(3)9/h3-5,9H,1-2H3/t3-,4+,5-/m0/s1. The molecule has 2 aliphatic rings. The van der Waals surface area contributed by atoms with Crippen molar-refractivity contribution in [2.45, 2.75) is 20.0 Å². The lowest BCUT2D eigenvalue weighted by Crippen LogP contribution is -2.28. The first kappa shape index (κ1) is 6.98. The van der Waals surface area contributed by atoms with Gasteiger partial charge in [0.1, 0.15) is 6.10 Å². The van der Waals surface area contributed by atoms with Crippen molar-refractivity contribution in [3.8, 4) is 0 Å². The van der Waals surface area contributed by atoms with Gasteiger partial charge in [0.05, 0.1) is 0 Å². The van der Waals surface area contributed by atoms with Crippen molar-refractivity contribution in [2.24, 2.45) is 17.3 Å². The highest BCUT2D eigenvalue weighted by Crippen LogP contribution is 2.63. The van der Waals surface area contributed by atoms with Crippen LogP contribution < -0.4 is 0 Å². The number of fused-ring (bicyclic) bond motifs is 1. The molecule has 0 aromatic rings. The van der Waals surface area contributed by atoms with E-state index in [1.807, 2.05) is 13.8 Å². The van der Waals surface area contributed by atoms with Crippen molar-refractivity contribution in [1.82, 2.24) is 0 Å².